The molecule has 47 heavy (non-hydrogen) atoms. The summed E-state index contributed by atoms with van der Waals surface area (Å²) in [5, 5.41) is 0.726. The summed E-state index contributed by atoms with van der Waals surface area (Å²) in [6.07, 6.45) is 4.63. The van der Waals surface area contributed by atoms with E-state index in [9.17, 15) is 9.59 Å². The Bertz CT molecular complexity index is 1910. The largest absolute Gasteiger partial charge is 0.446 e. The Morgan fingerprint density at radius 1 is 0.660 bits per heavy atom. The second kappa shape index (κ2) is 15.6. The summed E-state index contributed by atoms with van der Waals surface area (Å²) < 4.78 is 54.3. The number of hydrogen-bond acceptors (Lipinski definition) is 6. The minimum absolute atomic E-state index is 0.103. The zero-order chi connectivity index (χ0) is 33.3. The molecule has 0 atom stereocenters. The van der Waals surface area contributed by atoms with Crippen molar-refractivity contribution in [3.63, 3.8) is 0 Å². The zero-order valence-electron chi connectivity index (χ0n) is 26.0. The first kappa shape index (κ1) is 33.4. The van der Waals surface area contributed by atoms with Gasteiger partial charge in [-0.2, -0.15) is 0 Å². The van der Waals surface area contributed by atoms with E-state index in [1.54, 1.807) is 55.5 Å². The fourth-order valence-corrected chi connectivity index (χ4v) is 5.18. The molecule has 0 unspecified atom stereocenters. The average molecular weight is 659 g/mol. The van der Waals surface area contributed by atoms with Gasteiger partial charge in [0.15, 0.2) is 34.6 Å². The van der Waals surface area contributed by atoms with Gasteiger partial charge in [-0.1, -0.05) is 86.7 Å². The van der Waals surface area contributed by atoms with Gasteiger partial charge in [0.25, 0.3) is 0 Å². The van der Waals surface area contributed by atoms with Crippen LogP contribution in [0.15, 0.2) is 91.0 Å². The Morgan fingerprint density at radius 3 is 1.85 bits per heavy atom. The monoisotopic (exact) mass is 658 g/mol. The van der Waals surface area contributed by atoms with Crippen molar-refractivity contribution >= 4 is 34.3 Å². The number of ether oxygens (including phenoxy) is 4. The van der Waals surface area contributed by atoms with Crippen LogP contribution < -0.4 is 18.9 Å². The van der Waals surface area contributed by atoms with Crippen LogP contribution in [-0.4, -0.2) is 11.9 Å². The Hall–Kier alpha value is -4.95. The van der Waals surface area contributed by atoms with E-state index in [2.05, 4.69) is 6.92 Å². The first-order valence-corrected chi connectivity index (χ1v) is 15.8. The maximum Gasteiger partial charge on any atom is 0.343 e. The Morgan fingerprint density at radius 2 is 1.23 bits per heavy atom. The summed E-state index contributed by atoms with van der Waals surface area (Å²) >= 11 is 6.44. The van der Waals surface area contributed by atoms with Crippen LogP contribution in [0.4, 0.5) is 8.78 Å². The number of carbonyl (C=O) groups is 2. The number of rotatable bonds is 13. The Kier molecular flexibility index (Phi) is 11.1. The molecule has 0 aromatic heterocycles. The molecular weight excluding hydrogens is 626 g/mol. The van der Waals surface area contributed by atoms with Crippen molar-refractivity contribution in [2.75, 3.05) is 0 Å². The van der Waals surface area contributed by atoms with E-state index in [1.807, 2.05) is 0 Å². The maximum atomic E-state index is 15.1. The van der Waals surface area contributed by atoms with E-state index < -0.39 is 23.6 Å². The van der Waals surface area contributed by atoms with Gasteiger partial charge in [0.1, 0.15) is 0 Å². The minimum Gasteiger partial charge on any atom is -0.446 e. The van der Waals surface area contributed by atoms with Crippen LogP contribution >= 0.6 is 11.6 Å². The Labute approximate surface area is 276 Å². The molecule has 0 heterocycles. The molecule has 0 aliphatic carbocycles. The lowest BCUT2D eigenvalue weighted by molar-refractivity contribution is -0.134. The third-order valence-electron chi connectivity index (χ3n) is 7.45. The van der Waals surface area contributed by atoms with Crippen LogP contribution in [0.2, 0.25) is 5.02 Å². The molecule has 5 aromatic carbocycles. The molecule has 0 saturated carbocycles. The Balaban J connectivity index is 1.74. The van der Waals surface area contributed by atoms with Crippen molar-refractivity contribution in [1.29, 1.82) is 0 Å². The molecule has 9 heteroatoms. The summed E-state index contributed by atoms with van der Waals surface area (Å²) in [5.41, 5.74) is 0.901. The number of aryl methyl sites for hydroxylation is 1. The summed E-state index contributed by atoms with van der Waals surface area (Å²) in [6, 6.07) is 22.6. The van der Waals surface area contributed by atoms with E-state index in [1.165, 1.54) is 42.5 Å². The second-order valence-corrected chi connectivity index (χ2v) is 11.4. The summed E-state index contributed by atoms with van der Waals surface area (Å²) in [5.74, 6) is -4.27. The summed E-state index contributed by atoms with van der Waals surface area (Å²) in [7, 11) is 0. The van der Waals surface area contributed by atoms with Crippen molar-refractivity contribution < 1.29 is 37.3 Å². The van der Waals surface area contributed by atoms with Gasteiger partial charge in [0.2, 0.25) is 11.5 Å². The molecule has 6 nitrogen and oxygen atoms in total. The second-order valence-electron chi connectivity index (χ2n) is 10.9. The zero-order valence-corrected chi connectivity index (χ0v) is 26.7. The van der Waals surface area contributed by atoms with Crippen LogP contribution in [0, 0.1) is 18.6 Å². The number of benzene rings is 5. The predicted octanol–water partition coefficient (Wildman–Crippen LogP) is 11.1. The molecule has 0 fully saturated rings. The SMILES string of the molecule is CCCCCCCC(=O)Oc1c(Oc2ccccc2F)c(Oc2ccccc2F)c(OC(=O)c2ccccc2C)c2cc(Cl)ccc12. The molecule has 0 aliphatic rings. The smallest absolute Gasteiger partial charge is 0.343 e. The van der Waals surface area contributed by atoms with Gasteiger partial charge in [-0.15, -0.1) is 0 Å². The number of fused-ring (bicyclic) bond motifs is 1. The van der Waals surface area contributed by atoms with E-state index in [0.29, 0.717) is 12.0 Å². The number of esters is 2. The fourth-order valence-electron chi connectivity index (χ4n) is 5.00. The van der Waals surface area contributed by atoms with Gasteiger partial charge in [0, 0.05) is 22.2 Å². The van der Waals surface area contributed by atoms with Gasteiger partial charge < -0.3 is 18.9 Å². The highest BCUT2D eigenvalue weighted by atomic mass is 35.5. The number of para-hydroxylation sites is 2. The molecule has 0 saturated heterocycles. The van der Waals surface area contributed by atoms with Crippen LogP contribution in [0.25, 0.3) is 10.8 Å². The molecule has 0 radical (unpaired) electrons. The molecule has 242 valence electrons. The van der Waals surface area contributed by atoms with Gasteiger partial charge in [-0.05, 0) is 67.4 Å². The molecule has 0 aliphatic heterocycles. The molecule has 0 bridgehead atoms. The number of unbranched alkanes of at least 4 members (excludes halogenated alkanes) is 4. The van der Waals surface area contributed by atoms with Crippen molar-refractivity contribution in [3.8, 4) is 34.5 Å². The quantitative estimate of drug-likeness (QED) is 0.0712. The van der Waals surface area contributed by atoms with E-state index in [0.717, 1.165) is 25.7 Å². The first-order chi connectivity index (χ1) is 22.8. The highest BCUT2D eigenvalue weighted by molar-refractivity contribution is 6.31. The lowest BCUT2D eigenvalue weighted by Gasteiger charge is -2.22. The molecule has 5 aromatic rings. The third kappa shape index (κ3) is 8.07. The first-order valence-electron chi connectivity index (χ1n) is 15.4. The van der Waals surface area contributed by atoms with Crippen LogP contribution in [0.5, 0.6) is 34.5 Å². The van der Waals surface area contributed by atoms with Crippen molar-refractivity contribution in [2.24, 2.45) is 0 Å². The number of carbonyl (C=O) groups excluding carboxylic acids is 2. The summed E-state index contributed by atoms with van der Waals surface area (Å²) in [6.45, 7) is 3.85. The van der Waals surface area contributed by atoms with Crippen molar-refractivity contribution in [3.05, 3.63) is 119 Å². The molecular formula is C38H33ClF2O6. The van der Waals surface area contributed by atoms with Gasteiger partial charge >= 0.3 is 11.9 Å². The summed E-state index contributed by atoms with van der Waals surface area (Å²) in [4.78, 5) is 26.9. The minimum atomic E-state index is -0.753. The lowest BCUT2D eigenvalue weighted by atomic mass is 10.1. The lowest BCUT2D eigenvalue weighted by Crippen LogP contribution is -2.13. The molecule has 0 amide bonds. The highest BCUT2D eigenvalue weighted by Crippen LogP contribution is 2.55. The van der Waals surface area contributed by atoms with Crippen molar-refractivity contribution in [2.45, 2.75) is 52.4 Å². The maximum absolute atomic E-state index is 15.1. The predicted molar refractivity (Wildman–Crippen MR) is 177 cm³/mol. The number of hydrogen-bond donors (Lipinski definition) is 0. The number of halogens is 3. The standard InChI is InChI=1S/C38H33ClF2O6/c1-3-4-5-6-7-20-33(42)46-34-27-22-21-25(39)23-28(27)35(47-38(43)26-15-9-8-14-24(26)2)37(45-32-19-13-11-17-30(32)41)36(34)44-31-18-12-10-16-29(31)40/h8-19,21-23H,3-7,20H2,1-2H3. The van der Waals surface area contributed by atoms with Crippen LogP contribution in [-0.2, 0) is 4.79 Å². The van der Waals surface area contributed by atoms with E-state index in [-0.39, 0.29) is 62.3 Å². The van der Waals surface area contributed by atoms with Gasteiger partial charge in [0.05, 0.1) is 5.56 Å². The molecule has 5 rings (SSSR count). The van der Waals surface area contributed by atoms with Gasteiger partial charge in [-0.3, -0.25) is 4.79 Å². The molecule has 0 N–H and O–H groups in total. The highest BCUT2D eigenvalue weighted by Gasteiger charge is 2.30. The average Bonchev–Trinajstić information content (AvgIpc) is 3.06. The van der Waals surface area contributed by atoms with E-state index in [4.69, 9.17) is 30.5 Å². The normalized spacial score (nSPS) is 10.9. The third-order valence-corrected chi connectivity index (χ3v) is 7.68. The van der Waals surface area contributed by atoms with E-state index >= 15 is 8.78 Å². The topological polar surface area (TPSA) is 71.1 Å². The fraction of sp³-hybridized carbons (Fsp3) is 0.211. The van der Waals surface area contributed by atoms with Gasteiger partial charge in [-0.25, -0.2) is 13.6 Å². The molecule has 0 spiro atoms. The van der Waals surface area contributed by atoms with Crippen molar-refractivity contribution in [1.82, 2.24) is 0 Å². The van der Waals surface area contributed by atoms with Crippen LogP contribution in [0.1, 0.15) is 61.4 Å². The van der Waals surface area contributed by atoms with Crippen LogP contribution in [0.3, 0.4) is 0 Å².